The largest absolute Gasteiger partial charge is 0.361 e. The molecule has 1 saturated carbocycles. The molecular weight excluding hydrogens is 340 g/mol. The lowest BCUT2D eigenvalue weighted by molar-refractivity contribution is 0.393. The number of aromatic amines is 2. The molecule has 0 spiro atoms. The number of rotatable bonds is 3. The lowest BCUT2D eigenvalue weighted by Crippen LogP contribution is -2.04. The fraction of sp³-hybridized carbons (Fsp3) is 0.286. The highest BCUT2D eigenvalue weighted by molar-refractivity contribution is 5.97. The van der Waals surface area contributed by atoms with Crippen LogP contribution in [0.5, 0.6) is 0 Å². The van der Waals surface area contributed by atoms with Crippen LogP contribution in [0.25, 0.3) is 33.3 Å². The quantitative estimate of drug-likeness (QED) is 0.568. The van der Waals surface area contributed by atoms with Gasteiger partial charge in [0.25, 0.3) is 0 Å². The normalized spacial score (nSPS) is 14.2. The smallest absolute Gasteiger partial charge is 0.248 e. The van der Waals surface area contributed by atoms with E-state index in [1.165, 1.54) is 12.8 Å². The summed E-state index contributed by atoms with van der Waals surface area (Å²) in [6, 6.07) is 5.86. The molecule has 3 aromatic heterocycles. The van der Waals surface area contributed by atoms with E-state index in [9.17, 15) is 4.79 Å². The maximum Gasteiger partial charge on any atom is 0.248 e. The van der Waals surface area contributed by atoms with Gasteiger partial charge in [-0.3, -0.25) is 4.79 Å². The molecule has 0 aliphatic heterocycles. The van der Waals surface area contributed by atoms with Crippen LogP contribution in [0.4, 0.5) is 0 Å². The van der Waals surface area contributed by atoms with E-state index in [1.54, 1.807) is 12.3 Å². The van der Waals surface area contributed by atoms with Crippen LogP contribution in [0.2, 0.25) is 0 Å². The van der Waals surface area contributed by atoms with E-state index < -0.39 is 0 Å². The van der Waals surface area contributed by atoms with E-state index in [-0.39, 0.29) is 5.56 Å². The second-order valence-electron chi connectivity index (χ2n) is 7.41. The van der Waals surface area contributed by atoms with Crippen molar-refractivity contribution in [1.29, 1.82) is 0 Å². The molecule has 0 atom stereocenters. The molecule has 136 valence electrons. The Bertz CT molecular complexity index is 1220. The fourth-order valence-electron chi connectivity index (χ4n) is 3.79. The zero-order chi connectivity index (χ0) is 18.7. The topological polar surface area (TPSA) is 87.6 Å². The van der Waals surface area contributed by atoms with Crippen LogP contribution in [0.15, 0.2) is 33.7 Å². The first-order valence-electron chi connectivity index (χ1n) is 9.18. The monoisotopic (exact) mass is 360 g/mol. The number of H-pyrrole nitrogens is 2. The van der Waals surface area contributed by atoms with Crippen LogP contribution in [-0.2, 0) is 0 Å². The van der Waals surface area contributed by atoms with E-state index >= 15 is 0 Å². The Morgan fingerprint density at radius 3 is 2.59 bits per heavy atom. The van der Waals surface area contributed by atoms with Crippen molar-refractivity contribution in [2.45, 2.75) is 39.5 Å². The molecule has 0 radical (unpaired) electrons. The van der Waals surface area contributed by atoms with E-state index in [4.69, 9.17) is 9.51 Å². The van der Waals surface area contributed by atoms with Crippen molar-refractivity contribution in [2.75, 3.05) is 0 Å². The number of benzene rings is 1. The molecular formula is C21H20N4O2. The molecule has 2 N–H and O–H groups in total. The summed E-state index contributed by atoms with van der Waals surface area (Å²) in [5.74, 6) is 2.37. The highest BCUT2D eigenvalue weighted by atomic mass is 16.5. The summed E-state index contributed by atoms with van der Waals surface area (Å²) in [7, 11) is 0. The molecule has 0 saturated heterocycles. The van der Waals surface area contributed by atoms with Gasteiger partial charge in [0.1, 0.15) is 11.6 Å². The van der Waals surface area contributed by atoms with Gasteiger partial charge < -0.3 is 14.5 Å². The van der Waals surface area contributed by atoms with Gasteiger partial charge in [0.2, 0.25) is 5.56 Å². The van der Waals surface area contributed by atoms with Gasteiger partial charge in [-0.25, -0.2) is 4.98 Å². The third-order valence-corrected chi connectivity index (χ3v) is 5.31. The summed E-state index contributed by atoms with van der Waals surface area (Å²) in [5.41, 5.74) is 7.62. The molecule has 1 aromatic carbocycles. The predicted molar refractivity (Wildman–Crippen MR) is 104 cm³/mol. The third-order valence-electron chi connectivity index (χ3n) is 5.31. The lowest BCUT2D eigenvalue weighted by Gasteiger charge is -2.09. The van der Waals surface area contributed by atoms with Gasteiger partial charge in [0.05, 0.1) is 16.7 Å². The average Bonchev–Trinajstić information content (AvgIpc) is 3.30. The highest BCUT2D eigenvalue weighted by Crippen LogP contribution is 2.41. The Hall–Kier alpha value is -3.15. The van der Waals surface area contributed by atoms with E-state index in [0.29, 0.717) is 5.92 Å². The second-order valence-corrected chi connectivity index (χ2v) is 7.41. The molecule has 0 bridgehead atoms. The number of fused-ring (bicyclic) bond motifs is 1. The van der Waals surface area contributed by atoms with Gasteiger partial charge in [-0.2, -0.15) is 0 Å². The summed E-state index contributed by atoms with van der Waals surface area (Å²) in [6.07, 6.45) is 4.14. The minimum atomic E-state index is -0.102. The van der Waals surface area contributed by atoms with Crippen molar-refractivity contribution in [3.8, 4) is 22.3 Å². The van der Waals surface area contributed by atoms with Crippen LogP contribution in [0.1, 0.15) is 41.6 Å². The van der Waals surface area contributed by atoms with Crippen LogP contribution in [0, 0.1) is 20.8 Å². The maximum atomic E-state index is 11.7. The Kier molecular flexibility index (Phi) is 3.37. The molecule has 27 heavy (non-hydrogen) atoms. The van der Waals surface area contributed by atoms with Crippen LogP contribution < -0.4 is 5.56 Å². The first kappa shape index (κ1) is 16.1. The first-order valence-corrected chi connectivity index (χ1v) is 9.18. The van der Waals surface area contributed by atoms with Crippen molar-refractivity contribution in [3.63, 3.8) is 0 Å². The van der Waals surface area contributed by atoms with E-state index in [2.05, 4.69) is 27.3 Å². The Morgan fingerprint density at radius 1 is 1.11 bits per heavy atom. The van der Waals surface area contributed by atoms with Crippen molar-refractivity contribution in [2.24, 2.45) is 0 Å². The maximum absolute atomic E-state index is 11.7. The standard InChI is InChI=1S/C21H20N4O2/c1-10-6-18(26)22-9-16(10)15-7-14(19-11(2)25-27-12(19)3)8-17-20(15)24-21(23-17)13-4-5-13/h6-9,13H,4-5H2,1-3H3,(H,22,26)(H,23,24). The Morgan fingerprint density at radius 2 is 1.93 bits per heavy atom. The summed E-state index contributed by atoms with van der Waals surface area (Å²) in [6.45, 7) is 5.82. The van der Waals surface area contributed by atoms with Crippen LogP contribution >= 0.6 is 0 Å². The van der Waals surface area contributed by atoms with Crippen LogP contribution in [-0.4, -0.2) is 20.1 Å². The number of pyridine rings is 1. The summed E-state index contributed by atoms with van der Waals surface area (Å²) in [5, 5.41) is 4.10. The van der Waals surface area contributed by atoms with Crippen molar-refractivity contribution in [1.82, 2.24) is 20.1 Å². The highest BCUT2D eigenvalue weighted by Gasteiger charge is 2.28. The number of aryl methyl sites for hydroxylation is 3. The predicted octanol–water partition coefficient (Wildman–Crippen LogP) is 4.38. The van der Waals surface area contributed by atoms with Crippen molar-refractivity contribution >= 4 is 11.0 Å². The number of hydrogen-bond acceptors (Lipinski definition) is 4. The molecule has 3 heterocycles. The molecule has 4 aromatic rings. The Labute approximate surface area is 155 Å². The number of hydrogen-bond donors (Lipinski definition) is 2. The van der Waals surface area contributed by atoms with E-state index in [0.717, 1.165) is 56.1 Å². The first-order chi connectivity index (χ1) is 13.0. The number of aromatic nitrogens is 4. The molecule has 5 rings (SSSR count). The second kappa shape index (κ2) is 5.67. The van der Waals surface area contributed by atoms with Gasteiger partial charge in [0, 0.05) is 34.9 Å². The van der Waals surface area contributed by atoms with Gasteiger partial charge in [-0.05, 0) is 56.9 Å². The third kappa shape index (κ3) is 2.60. The number of nitrogens with one attached hydrogen (secondary N) is 2. The summed E-state index contributed by atoms with van der Waals surface area (Å²) < 4.78 is 5.38. The van der Waals surface area contributed by atoms with Crippen molar-refractivity contribution < 1.29 is 4.52 Å². The average molecular weight is 360 g/mol. The molecule has 1 aliphatic carbocycles. The zero-order valence-electron chi connectivity index (χ0n) is 15.5. The minimum absolute atomic E-state index is 0.102. The SMILES string of the molecule is Cc1cc(=O)[nH]cc1-c1cc(-c2c(C)noc2C)cc2[nH]c(C3CC3)nc12. The van der Waals surface area contributed by atoms with Crippen LogP contribution in [0.3, 0.4) is 0 Å². The molecule has 6 nitrogen and oxygen atoms in total. The molecule has 1 aliphatic rings. The molecule has 0 unspecified atom stereocenters. The fourth-order valence-corrected chi connectivity index (χ4v) is 3.79. The van der Waals surface area contributed by atoms with Gasteiger partial charge >= 0.3 is 0 Å². The van der Waals surface area contributed by atoms with E-state index in [1.807, 2.05) is 20.8 Å². The zero-order valence-corrected chi connectivity index (χ0v) is 15.5. The Balaban J connectivity index is 1.82. The molecule has 1 fully saturated rings. The minimum Gasteiger partial charge on any atom is -0.361 e. The molecule has 0 amide bonds. The van der Waals surface area contributed by atoms with Gasteiger partial charge in [0.15, 0.2) is 0 Å². The molecule has 6 heteroatoms. The number of imidazole rings is 1. The summed E-state index contributed by atoms with van der Waals surface area (Å²) >= 11 is 0. The lowest BCUT2D eigenvalue weighted by atomic mass is 9.95. The van der Waals surface area contributed by atoms with Gasteiger partial charge in [-0.15, -0.1) is 0 Å². The van der Waals surface area contributed by atoms with Gasteiger partial charge in [-0.1, -0.05) is 5.16 Å². The number of nitrogens with zero attached hydrogens (tertiary/aromatic N) is 2. The summed E-state index contributed by atoms with van der Waals surface area (Å²) in [4.78, 5) is 22.9. The van der Waals surface area contributed by atoms with Crippen molar-refractivity contribution in [3.05, 3.63) is 57.6 Å².